The van der Waals surface area contributed by atoms with Gasteiger partial charge < -0.3 is 15.0 Å². The van der Waals surface area contributed by atoms with E-state index in [-0.39, 0.29) is 25.1 Å². The van der Waals surface area contributed by atoms with E-state index >= 15 is 0 Å². The molecule has 7 heteroatoms. The Morgan fingerprint density at radius 2 is 1.74 bits per heavy atom. The summed E-state index contributed by atoms with van der Waals surface area (Å²) in [5.74, 6) is -1.25. The van der Waals surface area contributed by atoms with Gasteiger partial charge in [-0.2, -0.15) is 0 Å². The third-order valence-corrected chi connectivity index (χ3v) is 5.59. The van der Waals surface area contributed by atoms with Gasteiger partial charge in [-0.15, -0.1) is 0 Å². The first-order valence-corrected chi connectivity index (χ1v) is 10.7. The minimum Gasteiger partial charge on any atom is -0.484 e. The Bertz CT molecular complexity index is 883. The number of nitrogens with one attached hydrogen (secondary N) is 1. The molecule has 166 valence electrons. The van der Waals surface area contributed by atoms with Crippen LogP contribution in [0.25, 0.3) is 0 Å². The molecule has 0 heterocycles. The lowest BCUT2D eigenvalue weighted by Crippen LogP contribution is -2.51. The van der Waals surface area contributed by atoms with Gasteiger partial charge in [-0.3, -0.25) is 9.59 Å². The molecule has 2 aromatic carbocycles. The number of carbonyl (C=O) groups excluding carboxylic acids is 2. The number of benzene rings is 2. The molecule has 1 aliphatic rings. The van der Waals surface area contributed by atoms with E-state index in [9.17, 15) is 18.4 Å². The Balaban J connectivity index is 1.71. The van der Waals surface area contributed by atoms with E-state index in [0.29, 0.717) is 11.3 Å². The van der Waals surface area contributed by atoms with E-state index < -0.39 is 23.6 Å². The number of amides is 2. The number of hydrogen-bond donors (Lipinski definition) is 1. The summed E-state index contributed by atoms with van der Waals surface area (Å²) in [6.45, 7) is 1.23. The molecule has 1 atom stereocenters. The van der Waals surface area contributed by atoms with E-state index in [2.05, 4.69) is 5.32 Å². The second-order valence-corrected chi connectivity index (χ2v) is 7.88. The molecule has 1 fully saturated rings. The van der Waals surface area contributed by atoms with Gasteiger partial charge in [0.1, 0.15) is 23.4 Å². The molecule has 1 saturated carbocycles. The van der Waals surface area contributed by atoms with Crippen LogP contribution in [0.1, 0.15) is 44.6 Å². The Kier molecular flexibility index (Phi) is 7.98. The fourth-order valence-electron chi connectivity index (χ4n) is 3.72. The van der Waals surface area contributed by atoms with Crippen molar-refractivity contribution in [1.29, 1.82) is 0 Å². The van der Waals surface area contributed by atoms with Gasteiger partial charge in [-0.05, 0) is 50.1 Å². The van der Waals surface area contributed by atoms with Crippen molar-refractivity contribution >= 4 is 11.8 Å². The number of ether oxygens (including phenoxy) is 1. The highest BCUT2D eigenvalue weighted by atomic mass is 19.1. The van der Waals surface area contributed by atoms with Gasteiger partial charge in [0, 0.05) is 18.2 Å². The van der Waals surface area contributed by atoms with Crippen molar-refractivity contribution in [2.24, 2.45) is 0 Å². The van der Waals surface area contributed by atoms with Crippen molar-refractivity contribution in [3.8, 4) is 5.75 Å². The Morgan fingerprint density at radius 3 is 2.42 bits per heavy atom. The fourth-order valence-corrected chi connectivity index (χ4v) is 3.72. The molecular weight excluding hydrogens is 402 g/mol. The van der Waals surface area contributed by atoms with Gasteiger partial charge in [0.25, 0.3) is 5.91 Å². The second kappa shape index (κ2) is 10.9. The highest BCUT2D eigenvalue weighted by Gasteiger charge is 2.29. The van der Waals surface area contributed by atoms with Crippen LogP contribution in [-0.2, 0) is 16.1 Å². The predicted octanol–water partition coefficient (Wildman–Crippen LogP) is 4.21. The van der Waals surface area contributed by atoms with Crippen LogP contribution in [0.2, 0.25) is 0 Å². The van der Waals surface area contributed by atoms with Crippen LogP contribution in [0.15, 0.2) is 48.5 Å². The molecule has 0 unspecified atom stereocenters. The summed E-state index contributed by atoms with van der Waals surface area (Å²) in [4.78, 5) is 27.1. The molecular formula is C24H28F2N2O3. The third-order valence-electron chi connectivity index (χ3n) is 5.59. The van der Waals surface area contributed by atoms with Crippen LogP contribution < -0.4 is 10.1 Å². The summed E-state index contributed by atoms with van der Waals surface area (Å²) in [6, 6.07) is 10.8. The van der Waals surface area contributed by atoms with Gasteiger partial charge in [-0.1, -0.05) is 37.5 Å². The van der Waals surface area contributed by atoms with Gasteiger partial charge >= 0.3 is 0 Å². The first kappa shape index (κ1) is 22.7. The minimum atomic E-state index is -0.800. The van der Waals surface area contributed by atoms with Crippen LogP contribution in [0, 0.1) is 11.6 Å². The average Bonchev–Trinajstić information content (AvgIpc) is 2.78. The molecule has 0 bridgehead atoms. The Labute approximate surface area is 181 Å². The number of halogens is 2. The van der Waals surface area contributed by atoms with E-state index in [1.807, 2.05) is 0 Å². The zero-order chi connectivity index (χ0) is 22.2. The third kappa shape index (κ3) is 6.51. The average molecular weight is 430 g/mol. The molecule has 1 N–H and O–H groups in total. The first-order valence-electron chi connectivity index (χ1n) is 10.7. The Morgan fingerprint density at radius 1 is 1.06 bits per heavy atom. The van der Waals surface area contributed by atoms with Gasteiger partial charge in [-0.25, -0.2) is 8.78 Å². The van der Waals surface area contributed by atoms with E-state index in [0.717, 1.165) is 25.7 Å². The van der Waals surface area contributed by atoms with Crippen molar-refractivity contribution in [2.75, 3.05) is 6.61 Å². The van der Waals surface area contributed by atoms with E-state index in [1.165, 1.54) is 41.7 Å². The van der Waals surface area contributed by atoms with Gasteiger partial charge in [0.15, 0.2) is 6.61 Å². The topological polar surface area (TPSA) is 58.6 Å². The quantitative estimate of drug-likeness (QED) is 0.683. The number of rotatable bonds is 8. The largest absolute Gasteiger partial charge is 0.484 e. The molecule has 0 aliphatic heterocycles. The van der Waals surface area contributed by atoms with Crippen molar-refractivity contribution in [3.05, 3.63) is 65.7 Å². The lowest BCUT2D eigenvalue weighted by Gasteiger charge is -2.31. The Hall–Kier alpha value is -2.96. The highest BCUT2D eigenvalue weighted by Crippen LogP contribution is 2.19. The lowest BCUT2D eigenvalue weighted by molar-refractivity contribution is -0.142. The standard InChI is InChI=1S/C24H28F2N2O3/c1-17(24(30)27-20-8-3-2-4-9-20)28(15-18-7-5-6-10-22(18)26)23(29)16-31-21-13-11-19(25)12-14-21/h5-7,10-14,17,20H,2-4,8-9,15-16H2,1H3,(H,27,30)/t17-/m0/s1. The summed E-state index contributed by atoms with van der Waals surface area (Å²) >= 11 is 0. The first-order chi connectivity index (χ1) is 14.9. The van der Waals surface area contributed by atoms with E-state index in [1.54, 1.807) is 25.1 Å². The molecule has 31 heavy (non-hydrogen) atoms. The fraction of sp³-hybridized carbons (Fsp3) is 0.417. The van der Waals surface area contributed by atoms with E-state index in [4.69, 9.17) is 4.74 Å². The van der Waals surface area contributed by atoms with Crippen LogP contribution >= 0.6 is 0 Å². The molecule has 2 amide bonds. The highest BCUT2D eigenvalue weighted by molar-refractivity contribution is 5.88. The SMILES string of the molecule is C[C@@H](C(=O)NC1CCCCC1)N(Cc1ccccc1F)C(=O)COc1ccc(F)cc1. The van der Waals surface area contributed by atoms with Crippen molar-refractivity contribution in [2.45, 2.75) is 57.7 Å². The van der Waals surface area contributed by atoms with Crippen LogP contribution in [-0.4, -0.2) is 35.4 Å². The molecule has 0 spiro atoms. The smallest absolute Gasteiger partial charge is 0.261 e. The number of carbonyl (C=O) groups is 2. The zero-order valence-electron chi connectivity index (χ0n) is 17.7. The maximum absolute atomic E-state index is 14.2. The number of hydrogen-bond acceptors (Lipinski definition) is 3. The van der Waals surface area contributed by atoms with Crippen LogP contribution in [0.4, 0.5) is 8.78 Å². The predicted molar refractivity (Wildman–Crippen MR) is 113 cm³/mol. The molecule has 5 nitrogen and oxygen atoms in total. The molecule has 0 saturated heterocycles. The number of nitrogens with zero attached hydrogens (tertiary/aromatic N) is 1. The molecule has 0 radical (unpaired) electrons. The monoisotopic (exact) mass is 430 g/mol. The summed E-state index contributed by atoms with van der Waals surface area (Å²) in [5.41, 5.74) is 0.315. The normalized spacial score (nSPS) is 15.2. The summed E-state index contributed by atoms with van der Waals surface area (Å²) in [6.07, 6.45) is 5.16. The maximum atomic E-state index is 14.2. The van der Waals surface area contributed by atoms with Crippen LogP contribution in [0.5, 0.6) is 5.75 Å². The van der Waals surface area contributed by atoms with Crippen molar-refractivity contribution in [1.82, 2.24) is 10.2 Å². The van der Waals surface area contributed by atoms with Crippen molar-refractivity contribution in [3.63, 3.8) is 0 Å². The molecule has 0 aromatic heterocycles. The van der Waals surface area contributed by atoms with Gasteiger partial charge in [0.2, 0.25) is 5.91 Å². The summed E-state index contributed by atoms with van der Waals surface area (Å²) < 4.78 is 32.8. The van der Waals surface area contributed by atoms with Crippen molar-refractivity contribution < 1.29 is 23.1 Å². The minimum absolute atomic E-state index is 0.0580. The summed E-state index contributed by atoms with van der Waals surface area (Å²) in [7, 11) is 0. The summed E-state index contributed by atoms with van der Waals surface area (Å²) in [5, 5.41) is 3.03. The molecule has 3 rings (SSSR count). The molecule has 1 aliphatic carbocycles. The second-order valence-electron chi connectivity index (χ2n) is 7.88. The molecule has 2 aromatic rings. The lowest BCUT2D eigenvalue weighted by atomic mass is 9.95. The zero-order valence-corrected chi connectivity index (χ0v) is 17.7. The van der Waals surface area contributed by atoms with Crippen LogP contribution in [0.3, 0.4) is 0 Å². The maximum Gasteiger partial charge on any atom is 0.261 e. The van der Waals surface area contributed by atoms with Gasteiger partial charge in [0.05, 0.1) is 0 Å².